The van der Waals surface area contributed by atoms with Crippen LogP contribution in [0.4, 0.5) is 0 Å². The second-order valence-electron chi connectivity index (χ2n) is 31.1. The number of hydrogen-bond acceptors (Lipinski definition) is 15. The number of aliphatic hydroxyl groups is 1. The number of phosphoric acid groups is 2. The molecule has 0 aromatic rings. The summed E-state index contributed by atoms with van der Waals surface area (Å²) in [6.07, 6.45) is 62.4. The second-order valence-corrected chi connectivity index (χ2v) is 34.0. The van der Waals surface area contributed by atoms with Crippen LogP contribution in [0.3, 0.4) is 0 Å². The van der Waals surface area contributed by atoms with E-state index in [1.807, 2.05) is 0 Å². The van der Waals surface area contributed by atoms with E-state index in [2.05, 4.69) is 48.5 Å². The molecule has 0 radical (unpaired) electrons. The molecular weight excluding hydrogens is 1330 g/mol. The molecule has 0 aromatic carbocycles. The van der Waals surface area contributed by atoms with Crippen molar-refractivity contribution in [2.45, 2.75) is 452 Å². The van der Waals surface area contributed by atoms with Crippen molar-refractivity contribution in [2.24, 2.45) is 17.8 Å². The molecule has 0 saturated heterocycles. The highest BCUT2D eigenvalue weighted by atomic mass is 31.2. The van der Waals surface area contributed by atoms with E-state index in [1.54, 1.807) is 0 Å². The summed E-state index contributed by atoms with van der Waals surface area (Å²) in [5, 5.41) is 10.7. The largest absolute Gasteiger partial charge is 0.472 e. The minimum atomic E-state index is -4.96. The summed E-state index contributed by atoms with van der Waals surface area (Å²) in [5.74, 6) is 0.250. The van der Waals surface area contributed by atoms with E-state index >= 15 is 0 Å². The van der Waals surface area contributed by atoms with E-state index in [0.29, 0.717) is 31.6 Å². The third-order valence-electron chi connectivity index (χ3n) is 19.7. The van der Waals surface area contributed by atoms with E-state index in [-0.39, 0.29) is 25.7 Å². The molecule has 102 heavy (non-hydrogen) atoms. The number of unbranched alkanes of at least 4 members (excludes halogenated alkanes) is 48. The molecule has 0 amide bonds. The molecule has 0 aliphatic heterocycles. The second kappa shape index (κ2) is 73.2. The minimum absolute atomic E-state index is 0.107. The van der Waals surface area contributed by atoms with Gasteiger partial charge in [0.1, 0.15) is 19.3 Å². The van der Waals surface area contributed by atoms with Crippen molar-refractivity contribution in [2.75, 3.05) is 39.6 Å². The van der Waals surface area contributed by atoms with Gasteiger partial charge in [-0.05, 0) is 43.4 Å². The Kier molecular flexibility index (Phi) is 71.8. The lowest BCUT2D eigenvalue weighted by Gasteiger charge is -2.21. The standard InChI is InChI=1S/C83H162O17P2/c1-8-10-11-12-13-14-15-16-17-20-27-32-37-44-52-59-67-83(88)100-79(71-94-81(86)65-58-51-46-39-41-48-55-62-75(5)6)73-98-102(91,92)96-69-77(84)68-95-101(89,90)97-72-78(99-82(87)66-60-53-45-38-33-28-21-18-19-24-29-34-40-47-54-61-74(3)4)70-93-80(85)64-57-50-43-36-31-26-23-22-25-30-35-42-49-56-63-76(7)9-2/h74-79,84H,8-73H2,1-7H3,(H,89,90)(H,91,92)/t76?,77-,78-,79-/m1/s1. The highest BCUT2D eigenvalue weighted by Crippen LogP contribution is 2.45. The fraction of sp³-hybridized carbons (Fsp3) is 0.952. The zero-order valence-electron chi connectivity index (χ0n) is 67.1. The molecule has 17 nitrogen and oxygen atoms in total. The van der Waals surface area contributed by atoms with Crippen molar-refractivity contribution in [3.05, 3.63) is 0 Å². The van der Waals surface area contributed by atoms with Crippen molar-refractivity contribution in [3.63, 3.8) is 0 Å². The predicted molar refractivity (Wildman–Crippen MR) is 418 cm³/mol. The smallest absolute Gasteiger partial charge is 0.462 e. The number of carbonyl (C=O) groups excluding carboxylic acids is 4. The fourth-order valence-electron chi connectivity index (χ4n) is 12.8. The molecular formula is C83H162O17P2. The van der Waals surface area contributed by atoms with Crippen molar-refractivity contribution < 1.29 is 80.2 Å². The Labute approximate surface area is 626 Å². The summed E-state index contributed by atoms with van der Waals surface area (Å²) in [4.78, 5) is 73.1. The normalized spacial score (nSPS) is 14.2. The third-order valence-corrected chi connectivity index (χ3v) is 21.6. The summed E-state index contributed by atoms with van der Waals surface area (Å²) in [5.41, 5.74) is 0. The summed E-state index contributed by atoms with van der Waals surface area (Å²) >= 11 is 0. The molecule has 0 spiro atoms. The first-order chi connectivity index (χ1) is 49.3. The van der Waals surface area contributed by atoms with Crippen LogP contribution in [0.25, 0.3) is 0 Å². The molecule has 606 valence electrons. The molecule has 19 heteroatoms. The fourth-order valence-corrected chi connectivity index (χ4v) is 14.4. The molecule has 6 atom stereocenters. The number of hydrogen-bond donors (Lipinski definition) is 3. The minimum Gasteiger partial charge on any atom is -0.462 e. The Hall–Kier alpha value is -1.94. The Morgan fingerprint density at radius 2 is 0.500 bits per heavy atom. The van der Waals surface area contributed by atoms with E-state index in [1.165, 1.54) is 238 Å². The van der Waals surface area contributed by atoms with Crippen molar-refractivity contribution in [3.8, 4) is 0 Å². The summed E-state index contributed by atoms with van der Waals surface area (Å²) < 4.78 is 68.8. The zero-order valence-corrected chi connectivity index (χ0v) is 68.9. The number of carbonyl (C=O) groups is 4. The van der Waals surface area contributed by atoms with Crippen LogP contribution in [0.1, 0.15) is 434 Å². The molecule has 0 fully saturated rings. The van der Waals surface area contributed by atoms with Gasteiger partial charge in [-0.2, -0.15) is 0 Å². The Balaban J connectivity index is 5.24. The molecule has 0 saturated carbocycles. The van der Waals surface area contributed by atoms with Gasteiger partial charge in [-0.15, -0.1) is 0 Å². The van der Waals surface area contributed by atoms with Gasteiger partial charge in [-0.25, -0.2) is 9.13 Å². The van der Waals surface area contributed by atoms with Gasteiger partial charge in [-0.3, -0.25) is 37.3 Å². The maximum absolute atomic E-state index is 13.1. The molecule has 0 heterocycles. The summed E-state index contributed by atoms with van der Waals surface area (Å²) in [7, 11) is -9.92. The molecule has 3 unspecified atom stereocenters. The number of phosphoric ester groups is 2. The monoisotopic (exact) mass is 1490 g/mol. The first-order valence-corrected chi connectivity index (χ1v) is 45.9. The van der Waals surface area contributed by atoms with E-state index < -0.39 is 97.5 Å². The molecule has 0 aliphatic rings. The van der Waals surface area contributed by atoms with Crippen LogP contribution in [-0.4, -0.2) is 96.7 Å². The van der Waals surface area contributed by atoms with Gasteiger partial charge in [0.2, 0.25) is 0 Å². The van der Waals surface area contributed by atoms with Gasteiger partial charge in [0.15, 0.2) is 12.2 Å². The zero-order chi connectivity index (χ0) is 75.1. The molecule has 0 rings (SSSR count). The maximum Gasteiger partial charge on any atom is 0.472 e. The lowest BCUT2D eigenvalue weighted by molar-refractivity contribution is -0.161. The van der Waals surface area contributed by atoms with Gasteiger partial charge >= 0.3 is 39.5 Å². The van der Waals surface area contributed by atoms with Crippen molar-refractivity contribution in [1.29, 1.82) is 0 Å². The van der Waals surface area contributed by atoms with E-state index in [0.717, 1.165) is 108 Å². The van der Waals surface area contributed by atoms with Crippen molar-refractivity contribution in [1.82, 2.24) is 0 Å². The highest BCUT2D eigenvalue weighted by molar-refractivity contribution is 7.47. The Morgan fingerprint density at radius 1 is 0.284 bits per heavy atom. The number of aliphatic hydroxyl groups excluding tert-OH is 1. The van der Waals surface area contributed by atoms with Gasteiger partial charge in [0, 0.05) is 25.7 Å². The SMILES string of the molecule is CCCCCCCCCCCCCCCCCCC(=O)O[C@H](COC(=O)CCCCCCCCCC(C)C)COP(=O)(O)OC[C@H](O)COP(=O)(O)OC[C@@H](COC(=O)CCCCCCCCCCCCCCCCC(C)CC)OC(=O)CCCCCCCCCCCCCCCCCC(C)C. The topological polar surface area (TPSA) is 237 Å². The summed E-state index contributed by atoms with van der Waals surface area (Å²) in [6, 6.07) is 0. The maximum atomic E-state index is 13.1. The van der Waals surface area contributed by atoms with Gasteiger partial charge in [-0.1, -0.05) is 382 Å². The first kappa shape index (κ1) is 100. The Morgan fingerprint density at radius 3 is 0.745 bits per heavy atom. The number of rotatable bonds is 81. The number of ether oxygens (including phenoxy) is 4. The Bertz CT molecular complexity index is 1980. The van der Waals surface area contributed by atoms with Gasteiger partial charge in [0.25, 0.3) is 0 Å². The van der Waals surface area contributed by atoms with Crippen LogP contribution in [0.5, 0.6) is 0 Å². The highest BCUT2D eigenvalue weighted by Gasteiger charge is 2.30. The van der Waals surface area contributed by atoms with Crippen LogP contribution in [-0.2, 0) is 65.4 Å². The van der Waals surface area contributed by atoms with Crippen LogP contribution in [0.2, 0.25) is 0 Å². The molecule has 0 aromatic heterocycles. The average molecular weight is 1490 g/mol. The lowest BCUT2D eigenvalue weighted by atomic mass is 9.99. The lowest BCUT2D eigenvalue weighted by Crippen LogP contribution is -2.30. The number of esters is 4. The molecule has 0 bridgehead atoms. The first-order valence-electron chi connectivity index (χ1n) is 42.9. The van der Waals surface area contributed by atoms with Crippen LogP contribution < -0.4 is 0 Å². The van der Waals surface area contributed by atoms with Gasteiger partial charge in [0.05, 0.1) is 26.4 Å². The molecule has 3 N–H and O–H groups in total. The summed E-state index contributed by atoms with van der Waals surface area (Å²) in [6.45, 7) is 12.0. The van der Waals surface area contributed by atoms with Crippen LogP contribution >= 0.6 is 15.6 Å². The van der Waals surface area contributed by atoms with Gasteiger partial charge < -0.3 is 33.8 Å². The van der Waals surface area contributed by atoms with E-state index in [4.69, 9.17) is 37.0 Å². The predicted octanol–water partition coefficient (Wildman–Crippen LogP) is 24.9. The van der Waals surface area contributed by atoms with E-state index in [9.17, 15) is 43.2 Å². The average Bonchev–Trinajstić information content (AvgIpc) is 0.990. The third kappa shape index (κ3) is 74.9. The van der Waals surface area contributed by atoms with Crippen LogP contribution in [0, 0.1) is 17.8 Å². The van der Waals surface area contributed by atoms with Crippen LogP contribution in [0.15, 0.2) is 0 Å². The molecule has 0 aliphatic carbocycles. The van der Waals surface area contributed by atoms with Crippen molar-refractivity contribution >= 4 is 39.5 Å². The quantitative estimate of drug-likeness (QED) is 0.0222.